The summed E-state index contributed by atoms with van der Waals surface area (Å²) in [5.41, 5.74) is 0. The first-order valence-corrected chi connectivity index (χ1v) is 12.9. The van der Waals surface area contributed by atoms with Crippen molar-refractivity contribution in [1.29, 1.82) is 0 Å². The Morgan fingerprint density at radius 2 is 1.53 bits per heavy atom. The van der Waals surface area contributed by atoms with Crippen molar-refractivity contribution < 1.29 is 9.28 Å². The van der Waals surface area contributed by atoms with Crippen LogP contribution >= 0.6 is 0 Å². The number of unbranched alkanes of at least 4 members (excludes halogenated alkanes) is 11. The van der Waals surface area contributed by atoms with E-state index in [0.717, 1.165) is 43.6 Å². The van der Waals surface area contributed by atoms with E-state index < -0.39 is 0 Å². The van der Waals surface area contributed by atoms with Crippen LogP contribution in [0.15, 0.2) is 17.1 Å². The van der Waals surface area contributed by atoms with Gasteiger partial charge in [-0.1, -0.05) is 76.9 Å². The minimum absolute atomic E-state index is 0.0705. The summed E-state index contributed by atoms with van der Waals surface area (Å²) >= 11 is 0. The molecule has 0 saturated carbocycles. The zero-order valence-corrected chi connectivity index (χ0v) is 20.4. The second-order valence-corrected chi connectivity index (χ2v) is 9.02. The van der Waals surface area contributed by atoms with Crippen LogP contribution in [0.3, 0.4) is 0 Å². The molecule has 0 bridgehead atoms. The number of quaternary nitrogens is 1. The van der Waals surface area contributed by atoms with E-state index in [0.29, 0.717) is 0 Å². The van der Waals surface area contributed by atoms with Crippen LogP contribution in [-0.4, -0.2) is 48.9 Å². The first kappa shape index (κ1) is 26.9. The highest BCUT2D eigenvalue weighted by molar-refractivity contribution is 5.77. The van der Waals surface area contributed by atoms with E-state index in [1.807, 2.05) is 0 Å². The lowest BCUT2D eigenvalue weighted by Gasteiger charge is -2.33. The number of allylic oxidation sites excluding steroid dienone is 2. The number of nitrogens with zero attached hydrogens (tertiary/aromatic N) is 2. The SMILES string of the molecule is CCCC/C=C/CCCCCCCCCCCC1=NCC[N+]1(CC)CCNC(C)=O. The van der Waals surface area contributed by atoms with Crippen molar-refractivity contribution in [1.82, 2.24) is 5.32 Å². The van der Waals surface area contributed by atoms with Crippen LogP contribution < -0.4 is 5.32 Å². The molecule has 30 heavy (non-hydrogen) atoms. The van der Waals surface area contributed by atoms with Gasteiger partial charge < -0.3 is 5.32 Å². The van der Waals surface area contributed by atoms with Gasteiger partial charge in [-0.25, -0.2) is 4.99 Å². The third-order valence-corrected chi connectivity index (χ3v) is 6.55. The minimum atomic E-state index is 0.0705. The second kappa shape index (κ2) is 17.5. The zero-order valence-electron chi connectivity index (χ0n) is 20.4. The first-order chi connectivity index (χ1) is 14.6. The number of carbonyl (C=O) groups excluding carboxylic acids is 1. The van der Waals surface area contributed by atoms with E-state index >= 15 is 0 Å². The molecule has 0 aromatic carbocycles. The Balaban J connectivity index is 2.00. The Kier molecular flexibility index (Phi) is 15.7. The Morgan fingerprint density at radius 3 is 2.13 bits per heavy atom. The molecule has 1 heterocycles. The maximum absolute atomic E-state index is 11.2. The van der Waals surface area contributed by atoms with Crippen LogP contribution in [0.1, 0.15) is 111 Å². The molecule has 174 valence electrons. The second-order valence-electron chi connectivity index (χ2n) is 9.02. The molecule has 1 aliphatic rings. The fourth-order valence-corrected chi connectivity index (χ4v) is 4.49. The first-order valence-electron chi connectivity index (χ1n) is 12.9. The quantitative estimate of drug-likeness (QED) is 0.146. The number of rotatable bonds is 19. The fourth-order valence-electron chi connectivity index (χ4n) is 4.49. The number of aliphatic imine (C=N–C) groups is 1. The summed E-state index contributed by atoms with van der Waals surface area (Å²) in [7, 11) is 0. The molecule has 0 aromatic heterocycles. The van der Waals surface area contributed by atoms with Gasteiger partial charge in [0.1, 0.15) is 13.1 Å². The number of amidine groups is 1. The number of carbonyl (C=O) groups is 1. The molecule has 1 rings (SSSR count). The Hall–Kier alpha value is -1.16. The van der Waals surface area contributed by atoms with Gasteiger partial charge in [-0.05, 0) is 32.6 Å². The van der Waals surface area contributed by atoms with Crippen molar-refractivity contribution in [2.75, 3.05) is 32.7 Å². The number of nitrogens with one attached hydrogen (secondary N) is 1. The van der Waals surface area contributed by atoms with Crippen molar-refractivity contribution in [3.63, 3.8) is 0 Å². The predicted molar refractivity (Wildman–Crippen MR) is 131 cm³/mol. The Bertz CT molecular complexity index is 501. The summed E-state index contributed by atoms with van der Waals surface area (Å²) in [4.78, 5) is 16.0. The summed E-state index contributed by atoms with van der Waals surface area (Å²) in [5, 5.41) is 2.96. The molecular formula is C26H50N3O+. The molecule has 0 fully saturated rings. The summed E-state index contributed by atoms with van der Waals surface area (Å²) < 4.78 is 0.994. The van der Waals surface area contributed by atoms with Gasteiger partial charge in [0.2, 0.25) is 5.91 Å². The lowest BCUT2D eigenvalue weighted by molar-refractivity contribution is -0.833. The van der Waals surface area contributed by atoms with Gasteiger partial charge in [0.15, 0.2) is 5.84 Å². The van der Waals surface area contributed by atoms with Crippen LogP contribution in [0.25, 0.3) is 0 Å². The third kappa shape index (κ3) is 11.9. The van der Waals surface area contributed by atoms with E-state index in [1.54, 1.807) is 6.92 Å². The molecule has 1 N–H and O–H groups in total. The van der Waals surface area contributed by atoms with E-state index in [-0.39, 0.29) is 5.91 Å². The maximum atomic E-state index is 11.2. The Labute approximate surface area is 187 Å². The van der Waals surface area contributed by atoms with Crippen molar-refractivity contribution in [2.24, 2.45) is 4.99 Å². The monoisotopic (exact) mass is 420 g/mol. The molecule has 1 unspecified atom stereocenters. The van der Waals surface area contributed by atoms with Crippen molar-refractivity contribution in [3.05, 3.63) is 12.2 Å². The molecular weight excluding hydrogens is 370 g/mol. The number of likely N-dealkylation sites (N-methyl/N-ethyl adjacent to an activating group) is 1. The van der Waals surface area contributed by atoms with Crippen LogP contribution in [-0.2, 0) is 4.79 Å². The molecule has 0 aromatic rings. The zero-order chi connectivity index (χ0) is 21.9. The topological polar surface area (TPSA) is 41.5 Å². The predicted octanol–water partition coefficient (Wildman–Crippen LogP) is 6.41. The number of amides is 1. The van der Waals surface area contributed by atoms with Gasteiger partial charge >= 0.3 is 0 Å². The summed E-state index contributed by atoms with van der Waals surface area (Å²) in [6, 6.07) is 0. The highest BCUT2D eigenvalue weighted by Gasteiger charge is 2.35. The average Bonchev–Trinajstić information content (AvgIpc) is 3.13. The maximum Gasteiger partial charge on any atom is 0.217 e. The molecule has 0 aliphatic carbocycles. The highest BCUT2D eigenvalue weighted by atomic mass is 16.1. The molecule has 4 heteroatoms. The van der Waals surface area contributed by atoms with Crippen molar-refractivity contribution in [2.45, 2.75) is 111 Å². The van der Waals surface area contributed by atoms with E-state index in [2.05, 4.69) is 31.3 Å². The fraction of sp³-hybridized carbons (Fsp3) is 0.846. The van der Waals surface area contributed by atoms with Gasteiger partial charge in [0.25, 0.3) is 0 Å². The summed E-state index contributed by atoms with van der Waals surface area (Å²) in [6.07, 6.45) is 23.4. The smallest absolute Gasteiger partial charge is 0.217 e. The van der Waals surface area contributed by atoms with Crippen LogP contribution in [0.2, 0.25) is 0 Å². The average molecular weight is 421 g/mol. The molecule has 1 atom stereocenters. The van der Waals surface area contributed by atoms with Crippen molar-refractivity contribution in [3.8, 4) is 0 Å². The van der Waals surface area contributed by atoms with Crippen LogP contribution in [0.5, 0.6) is 0 Å². The largest absolute Gasteiger partial charge is 0.351 e. The molecule has 0 radical (unpaired) electrons. The van der Waals surface area contributed by atoms with Gasteiger partial charge in [-0.2, -0.15) is 0 Å². The number of hydrogen-bond acceptors (Lipinski definition) is 2. The van der Waals surface area contributed by atoms with Crippen molar-refractivity contribution >= 4 is 11.7 Å². The lowest BCUT2D eigenvalue weighted by Crippen LogP contribution is -2.54. The van der Waals surface area contributed by atoms with E-state index in [1.165, 1.54) is 89.3 Å². The van der Waals surface area contributed by atoms with Gasteiger partial charge in [0.05, 0.1) is 19.6 Å². The third-order valence-electron chi connectivity index (χ3n) is 6.55. The highest BCUT2D eigenvalue weighted by Crippen LogP contribution is 2.20. The summed E-state index contributed by atoms with van der Waals surface area (Å²) in [5.74, 6) is 1.45. The van der Waals surface area contributed by atoms with E-state index in [9.17, 15) is 4.79 Å². The van der Waals surface area contributed by atoms with E-state index in [4.69, 9.17) is 4.99 Å². The Morgan fingerprint density at radius 1 is 0.933 bits per heavy atom. The number of hydrogen-bond donors (Lipinski definition) is 1. The standard InChI is InChI=1S/C26H49N3O/c1-4-6-7-8-9-10-11-12-13-14-15-16-17-18-19-20-26-28-22-24-29(26,5-2)23-21-27-25(3)30/h8-9H,4-7,10-24H2,1-3H3/p+1/b9-8+. The lowest BCUT2D eigenvalue weighted by atomic mass is 10.0. The molecule has 4 nitrogen and oxygen atoms in total. The molecule has 1 amide bonds. The minimum Gasteiger partial charge on any atom is -0.351 e. The normalized spacial score (nSPS) is 18.8. The van der Waals surface area contributed by atoms with Crippen LogP contribution in [0, 0.1) is 0 Å². The van der Waals surface area contributed by atoms with Gasteiger partial charge in [0, 0.05) is 13.3 Å². The molecule has 1 aliphatic heterocycles. The van der Waals surface area contributed by atoms with Gasteiger partial charge in [-0.15, -0.1) is 0 Å². The molecule has 0 spiro atoms. The molecule has 0 saturated heterocycles. The van der Waals surface area contributed by atoms with Crippen LogP contribution in [0.4, 0.5) is 0 Å². The van der Waals surface area contributed by atoms with Gasteiger partial charge in [-0.3, -0.25) is 9.28 Å². The summed E-state index contributed by atoms with van der Waals surface area (Å²) in [6.45, 7) is 11.0.